The molecule has 1 aliphatic carbocycles. The van der Waals surface area contributed by atoms with Crippen molar-refractivity contribution in [1.29, 1.82) is 0 Å². The van der Waals surface area contributed by atoms with Crippen molar-refractivity contribution in [2.24, 2.45) is 0 Å². The van der Waals surface area contributed by atoms with Crippen molar-refractivity contribution < 1.29 is 4.79 Å². The molecule has 0 N–H and O–H groups in total. The second kappa shape index (κ2) is 4.01. The molecule has 1 aliphatic rings. The molecule has 0 heterocycles. The maximum absolute atomic E-state index is 11.3. The molecule has 0 bridgehead atoms. The maximum atomic E-state index is 11.3. The van der Waals surface area contributed by atoms with Crippen LogP contribution < -0.4 is 0 Å². The average molecular weight is 204 g/mol. The minimum absolute atomic E-state index is 0.309. The van der Waals surface area contributed by atoms with Crippen LogP contribution in [-0.4, -0.2) is 5.78 Å². The van der Waals surface area contributed by atoms with E-state index in [1.165, 1.54) is 9.80 Å². The van der Waals surface area contributed by atoms with Crippen molar-refractivity contribution in [2.45, 2.75) is 24.7 Å². The molecule has 0 spiro atoms. The number of hydrogen-bond acceptors (Lipinski definition) is 2. The van der Waals surface area contributed by atoms with Gasteiger partial charge in [-0.2, -0.15) is 0 Å². The molecule has 0 atom stereocenters. The Kier molecular flexibility index (Phi) is 2.73. The zero-order valence-electron chi connectivity index (χ0n) is 8.12. The quantitative estimate of drug-likeness (QED) is 0.734. The van der Waals surface area contributed by atoms with Gasteiger partial charge < -0.3 is 0 Å². The lowest BCUT2D eigenvalue weighted by Gasteiger charge is -2.01. The van der Waals surface area contributed by atoms with Crippen LogP contribution >= 0.6 is 11.8 Å². The number of rotatable bonds is 2. The van der Waals surface area contributed by atoms with E-state index in [2.05, 4.69) is 12.1 Å². The molecule has 0 saturated heterocycles. The van der Waals surface area contributed by atoms with Crippen molar-refractivity contribution in [3.8, 4) is 0 Å². The zero-order valence-corrected chi connectivity index (χ0v) is 8.93. The average Bonchev–Trinajstić information content (AvgIpc) is 2.52. The third-order valence-corrected chi connectivity index (χ3v) is 3.66. The van der Waals surface area contributed by atoms with Gasteiger partial charge in [0, 0.05) is 16.9 Å². The normalized spacial score (nSPS) is 16.5. The SMILES string of the molecule is CC1=C(Sc2ccccc2)CCC1=O. The standard InChI is InChI=1S/C12H12OS/c1-9-11(13)7-8-12(9)14-10-5-3-2-4-6-10/h2-6H,7-8H2,1H3. The Morgan fingerprint density at radius 1 is 1.14 bits per heavy atom. The van der Waals surface area contributed by atoms with Crippen LogP contribution in [0.3, 0.4) is 0 Å². The fraction of sp³-hybridized carbons (Fsp3) is 0.250. The summed E-state index contributed by atoms with van der Waals surface area (Å²) in [6.45, 7) is 1.93. The number of Topliss-reactive ketones (excluding diaryl/α,β-unsaturated/α-hetero) is 1. The van der Waals surface area contributed by atoms with Gasteiger partial charge in [0.15, 0.2) is 5.78 Å². The monoisotopic (exact) mass is 204 g/mol. The molecule has 72 valence electrons. The van der Waals surface area contributed by atoms with Crippen molar-refractivity contribution in [2.75, 3.05) is 0 Å². The summed E-state index contributed by atoms with van der Waals surface area (Å²) >= 11 is 1.72. The Morgan fingerprint density at radius 3 is 2.43 bits per heavy atom. The molecule has 1 aromatic rings. The van der Waals surface area contributed by atoms with Crippen LogP contribution in [0.4, 0.5) is 0 Å². The Labute approximate surface area is 88.2 Å². The predicted octanol–water partition coefficient (Wildman–Crippen LogP) is 3.42. The molecule has 0 amide bonds. The molecule has 1 nitrogen and oxygen atoms in total. The van der Waals surface area contributed by atoms with Gasteiger partial charge in [0.25, 0.3) is 0 Å². The molecule has 1 aromatic carbocycles. The van der Waals surface area contributed by atoms with E-state index in [1.54, 1.807) is 11.8 Å². The second-order valence-electron chi connectivity index (χ2n) is 3.39. The first-order valence-electron chi connectivity index (χ1n) is 4.73. The third-order valence-electron chi connectivity index (χ3n) is 2.40. The Hall–Kier alpha value is -1.02. The van der Waals surface area contributed by atoms with Crippen molar-refractivity contribution in [3.63, 3.8) is 0 Å². The molecule has 0 radical (unpaired) electrons. The Morgan fingerprint density at radius 2 is 1.86 bits per heavy atom. The summed E-state index contributed by atoms with van der Waals surface area (Å²) in [5, 5.41) is 0. The Balaban J connectivity index is 2.17. The van der Waals surface area contributed by atoms with Crippen molar-refractivity contribution in [1.82, 2.24) is 0 Å². The van der Waals surface area contributed by atoms with Gasteiger partial charge in [-0.25, -0.2) is 0 Å². The zero-order chi connectivity index (χ0) is 9.97. The lowest BCUT2D eigenvalue weighted by atomic mass is 10.2. The van der Waals surface area contributed by atoms with Crippen molar-refractivity contribution in [3.05, 3.63) is 40.8 Å². The fourth-order valence-electron chi connectivity index (χ4n) is 1.52. The lowest BCUT2D eigenvalue weighted by molar-refractivity contribution is -0.114. The number of carbonyl (C=O) groups is 1. The number of benzene rings is 1. The smallest absolute Gasteiger partial charge is 0.159 e. The van der Waals surface area contributed by atoms with Gasteiger partial charge in [0.1, 0.15) is 0 Å². The summed E-state index contributed by atoms with van der Waals surface area (Å²) in [6.07, 6.45) is 1.62. The van der Waals surface area contributed by atoms with E-state index in [-0.39, 0.29) is 0 Å². The Bertz CT molecular complexity index is 379. The van der Waals surface area contributed by atoms with Crippen LogP contribution in [0.2, 0.25) is 0 Å². The molecule has 2 rings (SSSR count). The summed E-state index contributed by atoms with van der Waals surface area (Å²) in [7, 11) is 0. The predicted molar refractivity (Wildman–Crippen MR) is 59.2 cm³/mol. The van der Waals surface area contributed by atoms with Crippen LogP contribution in [0.1, 0.15) is 19.8 Å². The number of thioether (sulfide) groups is 1. The molecule has 0 fully saturated rings. The summed E-state index contributed by atoms with van der Waals surface area (Å²) in [4.78, 5) is 13.8. The molecular weight excluding hydrogens is 192 g/mol. The van der Waals surface area contributed by atoms with Gasteiger partial charge in [-0.3, -0.25) is 4.79 Å². The minimum Gasteiger partial charge on any atom is -0.295 e. The number of hydrogen-bond donors (Lipinski definition) is 0. The summed E-state index contributed by atoms with van der Waals surface area (Å²) < 4.78 is 0. The van der Waals surface area contributed by atoms with E-state index >= 15 is 0 Å². The number of carbonyl (C=O) groups excluding carboxylic acids is 1. The molecular formula is C12H12OS. The lowest BCUT2D eigenvalue weighted by Crippen LogP contribution is -1.89. The summed E-state index contributed by atoms with van der Waals surface area (Å²) in [5.41, 5.74) is 0.957. The molecule has 2 heteroatoms. The van der Waals surface area contributed by atoms with E-state index in [1.807, 2.05) is 25.1 Å². The third kappa shape index (κ3) is 1.90. The molecule has 0 aliphatic heterocycles. The first-order valence-corrected chi connectivity index (χ1v) is 5.55. The highest BCUT2D eigenvalue weighted by Gasteiger charge is 2.19. The highest BCUT2D eigenvalue weighted by molar-refractivity contribution is 8.03. The van der Waals surface area contributed by atoms with E-state index in [4.69, 9.17) is 0 Å². The van der Waals surface area contributed by atoms with Gasteiger partial charge in [0.2, 0.25) is 0 Å². The van der Waals surface area contributed by atoms with Crippen LogP contribution in [-0.2, 0) is 4.79 Å². The highest BCUT2D eigenvalue weighted by Crippen LogP contribution is 2.36. The minimum atomic E-state index is 0.309. The highest BCUT2D eigenvalue weighted by atomic mass is 32.2. The van der Waals surface area contributed by atoms with Crippen LogP contribution in [0.15, 0.2) is 45.7 Å². The van der Waals surface area contributed by atoms with Gasteiger partial charge in [-0.1, -0.05) is 30.0 Å². The van der Waals surface area contributed by atoms with E-state index in [0.717, 1.165) is 12.0 Å². The molecule has 0 aromatic heterocycles. The fourth-order valence-corrected chi connectivity index (χ4v) is 2.56. The van der Waals surface area contributed by atoms with Gasteiger partial charge in [0.05, 0.1) is 0 Å². The largest absolute Gasteiger partial charge is 0.295 e. The summed E-state index contributed by atoms with van der Waals surface area (Å²) in [6, 6.07) is 10.2. The number of allylic oxidation sites excluding steroid dienone is 2. The van der Waals surface area contributed by atoms with Crippen molar-refractivity contribution >= 4 is 17.5 Å². The van der Waals surface area contributed by atoms with Crippen LogP contribution in [0.5, 0.6) is 0 Å². The van der Waals surface area contributed by atoms with Gasteiger partial charge in [-0.15, -0.1) is 0 Å². The first kappa shape index (κ1) is 9.53. The van der Waals surface area contributed by atoms with E-state index < -0.39 is 0 Å². The topological polar surface area (TPSA) is 17.1 Å². The summed E-state index contributed by atoms with van der Waals surface area (Å²) in [5.74, 6) is 0.309. The molecule has 0 saturated carbocycles. The second-order valence-corrected chi connectivity index (χ2v) is 4.55. The molecule has 0 unspecified atom stereocenters. The van der Waals surface area contributed by atoms with Gasteiger partial charge >= 0.3 is 0 Å². The van der Waals surface area contributed by atoms with Gasteiger partial charge in [-0.05, 0) is 30.4 Å². The maximum Gasteiger partial charge on any atom is 0.159 e. The number of ketones is 1. The van der Waals surface area contributed by atoms with E-state index in [9.17, 15) is 4.79 Å². The van der Waals surface area contributed by atoms with Crippen LogP contribution in [0.25, 0.3) is 0 Å². The molecule has 14 heavy (non-hydrogen) atoms. The van der Waals surface area contributed by atoms with E-state index in [0.29, 0.717) is 12.2 Å². The first-order chi connectivity index (χ1) is 6.77. The van der Waals surface area contributed by atoms with Crippen LogP contribution in [0, 0.1) is 0 Å².